The predicted octanol–water partition coefficient (Wildman–Crippen LogP) is 2.19. The maximum Gasteiger partial charge on any atom is 0.270 e. The lowest BCUT2D eigenvalue weighted by Gasteiger charge is -1.96. The number of fused-ring (bicyclic) bond motifs is 1. The highest BCUT2D eigenvalue weighted by molar-refractivity contribution is 7.13. The Morgan fingerprint density at radius 3 is 2.76 bits per heavy atom. The summed E-state index contributed by atoms with van der Waals surface area (Å²) < 4.78 is 17.5. The molecule has 0 amide bonds. The molecule has 0 spiro atoms. The third kappa shape index (κ3) is 1.62. The lowest BCUT2D eigenvalue weighted by atomic mass is 10.1. The van der Waals surface area contributed by atoms with Gasteiger partial charge in [0.15, 0.2) is 0 Å². The van der Waals surface area contributed by atoms with E-state index in [0.717, 1.165) is 17.1 Å². The Balaban J connectivity index is 2.28. The van der Waals surface area contributed by atoms with Gasteiger partial charge in [-0.2, -0.15) is 4.37 Å². The van der Waals surface area contributed by atoms with E-state index >= 15 is 0 Å². The van der Waals surface area contributed by atoms with Gasteiger partial charge < -0.3 is 4.98 Å². The first-order valence-electron chi connectivity index (χ1n) is 4.85. The molecule has 1 N–H and O–H groups in total. The van der Waals surface area contributed by atoms with Gasteiger partial charge in [0.05, 0.1) is 6.33 Å². The van der Waals surface area contributed by atoms with Crippen LogP contribution in [-0.2, 0) is 0 Å². The molecule has 0 unspecified atom stereocenters. The zero-order chi connectivity index (χ0) is 11.8. The van der Waals surface area contributed by atoms with Gasteiger partial charge >= 0.3 is 0 Å². The first-order valence-corrected chi connectivity index (χ1v) is 5.62. The normalized spacial score (nSPS) is 10.9. The molecule has 0 aliphatic heterocycles. The van der Waals surface area contributed by atoms with Crippen LogP contribution < -0.4 is 5.56 Å². The van der Waals surface area contributed by atoms with Crippen LogP contribution >= 0.6 is 11.5 Å². The van der Waals surface area contributed by atoms with E-state index < -0.39 is 0 Å². The number of rotatable bonds is 1. The largest absolute Gasteiger partial charge is 0.312 e. The molecule has 0 saturated heterocycles. The number of aromatic amines is 1. The highest BCUT2D eigenvalue weighted by atomic mass is 32.1. The molecule has 2 heterocycles. The zero-order valence-corrected chi connectivity index (χ0v) is 9.29. The summed E-state index contributed by atoms with van der Waals surface area (Å²) in [7, 11) is 0. The third-order valence-electron chi connectivity index (χ3n) is 2.38. The molecule has 0 saturated carbocycles. The standard InChI is InChI=1S/C11H6FN3OS/c12-7-3-1-6(2-4-7)8-9-10(17-15-8)11(16)14-5-13-9/h1-5H,(H,13,14,16). The molecule has 2 aromatic heterocycles. The van der Waals surface area contributed by atoms with Gasteiger partial charge in [0.1, 0.15) is 21.7 Å². The lowest BCUT2D eigenvalue weighted by molar-refractivity contribution is 0.628. The van der Waals surface area contributed by atoms with Crippen molar-refractivity contribution in [3.63, 3.8) is 0 Å². The minimum absolute atomic E-state index is 0.208. The van der Waals surface area contributed by atoms with E-state index in [9.17, 15) is 9.18 Å². The van der Waals surface area contributed by atoms with Gasteiger partial charge in [0.25, 0.3) is 5.56 Å². The summed E-state index contributed by atoms with van der Waals surface area (Å²) in [6.45, 7) is 0. The van der Waals surface area contributed by atoms with Crippen molar-refractivity contribution < 1.29 is 4.39 Å². The van der Waals surface area contributed by atoms with Gasteiger partial charge in [-0.1, -0.05) is 0 Å². The minimum Gasteiger partial charge on any atom is -0.312 e. The number of hydrogen-bond acceptors (Lipinski definition) is 4. The van der Waals surface area contributed by atoms with Crippen LogP contribution in [0.5, 0.6) is 0 Å². The molecular formula is C11H6FN3OS. The Kier molecular flexibility index (Phi) is 2.22. The van der Waals surface area contributed by atoms with Crippen LogP contribution in [0.4, 0.5) is 4.39 Å². The van der Waals surface area contributed by atoms with Crippen molar-refractivity contribution in [3.05, 3.63) is 46.8 Å². The second kappa shape index (κ2) is 3.74. The van der Waals surface area contributed by atoms with Gasteiger partial charge in [-0.25, -0.2) is 9.37 Å². The van der Waals surface area contributed by atoms with Crippen molar-refractivity contribution in [1.82, 2.24) is 14.3 Å². The first kappa shape index (κ1) is 10.1. The monoisotopic (exact) mass is 247 g/mol. The molecule has 4 nitrogen and oxygen atoms in total. The molecule has 17 heavy (non-hydrogen) atoms. The molecule has 3 aromatic rings. The molecule has 84 valence electrons. The first-order chi connectivity index (χ1) is 8.25. The van der Waals surface area contributed by atoms with Crippen LogP contribution in [0.3, 0.4) is 0 Å². The molecule has 6 heteroatoms. The number of benzene rings is 1. The summed E-state index contributed by atoms with van der Waals surface area (Å²) >= 11 is 1.09. The summed E-state index contributed by atoms with van der Waals surface area (Å²) in [4.78, 5) is 18.1. The van der Waals surface area contributed by atoms with Crippen LogP contribution in [0.15, 0.2) is 35.4 Å². The molecule has 0 atom stereocenters. The van der Waals surface area contributed by atoms with Crippen molar-refractivity contribution in [2.75, 3.05) is 0 Å². The van der Waals surface area contributed by atoms with Crippen molar-refractivity contribution >= 4 is 21.7 Å². The fourth-order valence-corrected chi connectivity index (χ4v) is 2.32. The molecular weight excluding hydrogens is 241 g/mol. The van der Waals surface area contributed by atoms with Crippen molar-refractivity contribution in [1.29, 1.82) is 0 Å². The number of aromatic nitrogens is 3. The Morgan fingerprint density at radius 1 is 1.24 bits per heavy atom. The molecule has 0 radical (unpaired) electrons. The van der Waals surface area contributed by atoms with Crippen LogP contribution in [-0.4, -0.2) is 14.3 Å². The Morgan fingerprint density at radius 2 is 2.00 bits per heavy atom. The summed E-state index contributed by atoms with van der Waals surface area (Å²) in [5.41, 5.74) is 1.69. The molecule has 0 bridgehead atoms. The average Bonchev–Trinajstić information content (AvgIpc) is 2.75. The maximum absolute atomic E-state index is 12.8. The fraction of sp³-hybridized carbons (Fsp3) is 0. The van der Waals surface area contributed by atoms with Gasteiger partial charge in [0, 0.05) is 5.56 Å². The quantitative estimate of drug-likeness (QED) is 0.717. The summed E-state index contributed by atoms with van der Waals surface area (Å²) in [6, 6.07) is 5.95. The highest BCUT2D eigenvalue weighted by Crippen LogP contribution is 2.26. The van der Waals surface area contributed by atoms with E-state index in [4.69, 9.17) is 0 Å². The van der Waals surface area contributed by atoms with E-state index in [1.165, 1.54) is 18.5 Å². The maximum atomic E-state index is 12.8. The van der Waals surface area contributed by atoms with Crippen molar-refractivity contribution in [2.45, 2.75) is 0 Å². The summed E-state index contributed by atoms with van der Waals surface area (Å²) in [5.74, 6) is -0.306. The van der Waals surface area contributed by atoms with Crippen LogP contribution in [0.25, 0.3) is 21.5 Å². The van der Waals surface area contributed by atoms with Crippen LogP contribution in [0.2, 0.25) is 0 Å². The number of H-pyrrole nitrogens is 1. The van der Waals surface area contributed by atoms with E-state index in [1.807, 2.05) is 0 Å². The van der Waals surface area contributed by atoms with Gasteiger partial charge in [-0.15, -0.1) is 0 Å². The smallest absolute Gasteiger partial charge is 0.270 e. The van der Waals surface area contributed by atoms with E-state index in [0.29, 0.717) is 15.9 Å². The van der Waals surface area contributed by atoms with Gasteiger partial charge in [-0.05, 0) is 35.8 Å². The lowest BCUT2D eigenvalue weighted by Crippen LogP contribution is -2.03. The van der Waals surface area contributed by atoms with Gasteiger partial charge in [-0.3, -0.25) is 4.79 Å². The summed E-state index contributed by atoms with van der Waals surface area (Å²) in [6.07, 6.45) is 1.34. The van der Waals surface area contributed by atoms with E-state index in [2.05, 4.69) is 14.3 Å². The van der Waals surface area contributed by atoms with Gasteiger partial charge in [0.2, 0.25) is 0 Å². The van der Waals surface area contributed by atoms with Crippen molar-refractivity contribution in [2.24, 2.45) is 0 Å². The number of halogens is 1. The SMILES string of the molecule is O=c1[nH]cnc2c(-c3ccc(F)cc3)nsc12. The molecule has 0 aliphatic carbocycles. The average molecular weight is 247 g/mol. The molecule has 0 aliphatic rings. The Hall–Kier alpha value is -2.08. The summed E-state index contributed by atoms with van der Waals surface area (Å²) in [5, 5.41) is 0. The number of nitrogens with one attached hydrogen (secondary N) is 1. The van der Waals surface area contributed by atoms with E-state index in [-0.39, 0.29) is 11.4 Å². The van der Waals surface area contributed by atoms with Crippen molar-refractivity contribution in [3.8, 4) is 11.3 Å². The van der Waals surface area contributed by atoms with E-state index in [1.54, 1.807) is 12.1 Å². The minimum atomic E-state index is -0.306. The second-order valence-corrected chi connectivity index (χ2v) is 4.22. The Bertz CT molecular complexity index is 732. The topological polar surface area (TPSA) is 58.6 Å². The highest BCUT2D eigenvalue weighted by Gasteiger charge is 2.11. The second-order valence-electron chi connectivity index (χ2n) is 3.45. The van der Waals surface area contributed by atoms with Crippen LogP contribution in [0, 0.1) is 5.82 Å². The third-order valence-corrected chi connectivity index (χ3v) is 3.22. The number of hydrogen-bond donors (Lipinski definition) is 1. The number of nitrogens with zero attached hydrogens (tertiary/aromatic N) is 2. The molecule has 0 fully saturated rings. The predicted molar refractivity (Wildman–Crippen MR) is 63.4 cm³/mol. The zero-order valence-electron chi connectivity index (χ0n) is 8.48. The van der Waals surface area contributed by atoms with Crippen LogP contribution in [0.1, 0.15) is 0 Å². The molecule has 3 rings (SSSR count). The molecule has 1 aromatic carbocycles. The fourth-order valence-electron chi connectivity index (χ4n) is 1.57. The Labute approximate surface area is 98.9 Å².